The highest BCUT2D eigenvalue weighted by Gasteiger charge is 2.35. The third kappa shape index (κ3) is 3.99. The minimum absolute atomic E-state index is 0.0181. The van der Waals surface area contributed by atoms with Crippen molar-refractivity contribution in [1.29, 1.82) is 0 Å². The average Bonchev–Trinajstić information content (AvgIpc) is 3.46. The number of carbonyl (C=O) groups excluding carboxylic acids is 1. The Morgan fingerprint density at radius 2 is 2.06 bits per heavy atom. The largest absolute Gasteiger partial charge is 0.497 e. The van der Waals surface area contributed by atoms with Crippen LogP contribution in [0, 0.1) is 0 Å². The van der Waals surface area contributed by atoms with Crippen LogP contribution in [0.3, 0.4) is 0 Å². The summed E-state index contributed by atoms with van der Waals surface area (Å²) in [6.45, 7) is 1.28. The molecule has 7 heteroatoms. The molecule has 160 valence electrons. The number of ketones is 1. The number of halogens is 1. The molecular weight excluding hydrogens is 442 g/mol. The molecule has 0 radical (unpaired) electrons. The van der Waals surface area contributed by atoms with Crippen LogP contribution in [-0.2, 0) is 6.54 Å². The molecule has 5 rings (SSSR count). The molecule has 1 atom stereocenters. The number of anilines is 1. The van der Waals surface area contributed by atoms with Crippen LogP contribution in [0.5, 0.6) is 5.75 Å². The van der Waals surface area contributed by atoms with E-state index in [1.165, 1.54) is 11.3 Å². The van der Waals surface area contributed by atoms with E-state index in [0.717, 1.165) is 33.1 Å². The summed E-state index contributed by atoms with van der Waals surface area (Å²) >= 11 is 7.50. The van der Waals surface area contributed by atoms with E-state index >= 15 is 0 Å². The molecule has 0 aliphatic carbocycles. The Kier molecular flexibility index (Phi) is 5.64. The van der Waals surface area contributed by atoms with Crippen LogP contribution in [-0.4, -0.2) is 29.4 Å². The Balaban J connectivity index is 1.45. The second kappa shape index (κ2) is 8.73. The number of ether oxygens (including phenoxy) is 1. The first-order chi connectivity index (χ1) is 15.6. The van der Waals surface area contributed by atoms with Crippen LogP contribution < -0.4 is 9.64 Å². The van der Waals surface area contributed by atoms with Crippen LogP contribution in [0.25, 0.3) is 10.6 Å². The first kappa shape index (κ1) is 20.7. The van der Waals surface area contributed by atoms with E-state index in [2.05, 4.69) is 14.9 Å². The van der Waals surface area contributed by atoms with Gasteiger partial charge in [0, 0.05) is 47.1 Å². The third-order valence-corrected chi connectivity index (χ3v) is 6.77. The molecule has 0 bridgehead atoms. The zero-order valence-electron chi connectivity index (χ0n) is 17.4. The van der Waals surface area contributed by atoms with Crippen LogP contribution in [0.4, 0.5) is 5.69 Å². The Hall–Kier alpha value is -3.22. The van der Waals surface area contributed by atoms with Crippen LogP contribution in [0.2, 0.25) is 5.02 Å². The lowest BCUT2D eigenvalue weighted by atomic mass is 9.95. The number of thiazole rings is 1. The van der Waals surface area contributed by atoms with Gasteiger partial charge in [-0.15, -0.1) is 11.3 Å². The van der Waals surface area contributed by atoms with Crippen molar-refractivity contribution in [3.8, 4) is 16.3 Å². The van der Waals surface area contributed by atoms with Crippen molar-refractivity contribution < 1.29 is 9.53 Å². The van der Waals surface area contributed by atoms with Crippen molar-refractivity contribution in [2.45, 2.75) is 12.5 Å². The zero-order chi connectivity index (χ0) is 22.1. The SMILES string of the molecule is COc1ccc2c(c1)C(C(=O)c1csc(-c3cccnc3)n1)CN2Cc1ccc(Cl)cc1. The lowest BCUT2D eigenvalue weighted by Crippen LogP contribution is -2.24. The molecule has 0 saturated carbocycles. The summed E-state index contributed by atoms with van der Waals surface area (Å²) in [5.74, 6) is 0.449. The van der Waals surface area contributed by atoms with Gasteiger partial charge in [0.2, 0.25) is 0 Å². The Bertz CT molecular complexity index is 1260. The average molecular weight is 462 g/mol. The summed E-state index contributed by atoms with van der Waals surface area (Å²) in [6.07, 6.45) is 3.48. The maximum Gasteiger partial charge on any atom is 0.191 e. The van der Waals surface area contributed by atoms with E-state index in [1.807, 2.05) is 60.0 Å². The standard InChI is InChI=1S/C25H20ClN3O2S/c1-31-19-8-9-23-20(11-19)21(14-29(23)13-16-4-6-18(26)7-5-16)24(30)22-15-32-25(28-22)17-3-2-10-27-12-17/h2-12,15,21H,13-14H2,1H3. The predicted molar refractivity (Wildman–Crippen MR) is 128 cm³/mol. The van der Waals surface area contributed by atoms with Gasteiger partial charge in [-0.3, -0.25) is 9.78 Å². The highest BCUT2D eigenvalue weighted by atomic mass is 35.5. The van der Waals surface area contributed by atoms with E-state index in [1.54, 1.807) is 19.5 Å². The number of rotatable bonds is 6. The van der Waals surface area contributed by atoms with Crippen LogP contribution in [0.15, 0.2) is 72.4 Å². The van der Waals surface area contributed by atoms with Crippen molar-refractivity contribution in [1.82, 2.24) is 9.97 Å². The number of methoxy groups -OCH3 is 1. The van der Waals surface area contributed by atoms with Gasteiger partial charge in [0.05, 0.1) is 13.0 Å². The molecule has 1 aliphatic rings. The number of aromatic nitrogens is 2. The van der Waals surface area contributed by atoms with Gasteiger partial charge in [0.1, 0.15) is 16.5 Å². The van der Waals surface area contributed by atoms with Gasteiger partial charge in [-0.25, -0.2) is 4.98 Å². The van der Waals surface area contributed by atoms with Crippen molar-refractivity contribution in [2.24, 2.45) is 0 Å². The van der Waals surface area contributed by atoms with Gasteiger partial charge >= 0.3 is 0 Å². The number of benzene rings is 2. The summed E-state index contributed by atoms with van der Waals surface area (Å²) < 4.78 is 5.44. The fraction of sp³-hybridized carbons (Fsp3) is 0.160. The number of carbonyl (C=O) groups is 1. The number of nitrogens with zero attached hydrogens (tertiary/aromatic N) is 3. The molecule has 5 nitrogen and oxygen atoms in total. The monoisotopic (exact) mass is 461 g/mol. The number of hydrogen-bond acceptors (Lipinski definition) is 6. The fourth-order valence-corrected chi connectivity index (χ4v) is 4.94. The normalized spacial score (nSPS) is 14.9. The number of pyridine rings is 1. The summed E-state index contributed by atoms with van der Waals surface area (Å²) in [6, 6.07) is 17.6. The molecule has 0 saturated heterocycles. The molecule has 3 heterocycles. The first-order valence-electron chi connectivity index (χ1n) is 10.2. The Morgan fingerprint density at radius 1 is 1.22 bits per heavy atom. The second-order valence-corrected chi connectivity index (χ2v) is 8.92. The van der Waals surface area contributed by atoms with E-state index in [0.29, 0.717) is 23.8 Å². The second-order valence-electron chi connectivity index (χ2n) is 7.63. The van der Waals surface area contributed by atoms with Gasteiger partial charge in [0.15, 0.2) is 5.78 Å². The summed E-state index contributed by atoms with van der Waals surface area (Å²) in [7, 11) is 1.64. The molecule has 1 unspecified atom stereocenters. The minimum Gasteiger partial charge on any atom is -0.497 e. The highest BCUT2D eigenvalue weighted by molar-refractivity contribution is 7.13. The number of Topliss-reactive ketones (excluding diaryl/α,β-unsaturated/α-hetero) is 1. The fourth-order valence-electron chi connectivity index (χ4n) is 4.02. The van der Waals surface area contributed by atoms with Crippen LogP contribution >= 0.6 is 22.9 Å². The van der Waals surface area contributed by atoms with Gasteiger partial charge in [-0.2, -0.15) is 0 Å². The molecule has 0 amide bonds. The summed E-state index contributed by atoms with van der Waals surface area (Å²) in [4.78, 5) is 24.5. The van der Waals surface area contributed by atoms with E-state index in [9.17, 15) is 4.79 Å². The molecule has 4 aromatic rings. The maximum atomic E-state index is 13.5. The predicted octanol–water partition coefficient (Wildman–Crippen LogP) is 5.85. The first-order valence-corrected chi connectivity index (χ1v) is 11.5. The lowest BCUT2D eigenvalue weighted by molar-refractivity contribution is 0.0960. The Morgan fingerprint density at radius 3 is 2.81 bits per heavy atom. The molecule has 2 aromatic carbocycles. The van der Waals surface area contributed by atoms with E-state index in [-0.39, 0.29) is 11.7 Å². The minimum atomic E-state index is -0.309. The van der Waals surface area contributed by atoms with Crippen LogP contribution in [0.1, 0.15) is 27.5 Å². The molecule has 0 spiro atoms. The quantitative estimate of drug-likeness (QED) is 0.337. The van der Waals surface area contributed by atoms with E-state index in [4.69, 9.17) is 16.3 Å². The van der Waals surface area contributed by atoms with Crippen molar-refractivity contribution in [3.05, 3.63) is 94.2 Å². The molecule has 32 heavy (non-hydrogen) atoms. The molecule has 2 aromatic heterocycles. The lowest BCUT2D eigenvalue weighted by Gasteiger charge is -2.20. The van der Waals surface area contributed by atoms with Crippen molar-refractivity contribution >= 4 is 34.4 Å². The van der Waals surface area contributed by atoms with Gasteiger partial charge in [-0.05, 0) is 53.6 Å². The molecule has 0 fully saturated rings. The molecule has 0 N–H and O–H groups in total. The molecular formula is C25H20ClN3O2S. The smallest absolute Gasteiger partial charge is 0.191 e. The topological polar surface area (TPSA) is 55.3 Å². The van der Waals surface area contributed by atoms with Gasteiger partial charge in [0.25, 0.3) is 0 Å². The zero-order valence-corrected chi connectivity index (χ0v) is 18.9. The number of hydrogen-bond donors (Lipinski definition) is 0. The summed E-state index contributed by atoms with van der Waals surface area (Å²) in [5, 5.41) is 3.34. The summed E-state index contributed by atoms with van der Waals surface area (Å²) in [5.41, 5.74) is 4.55. The van der Waals surface area contributed by atoms with Gasteiger partial charge in [-0.1, -0.05) is 23.7 Å². The van der Waals surface area contributed by atoms with Gasteiger partial charge < -0.3 is 9.64 Å². The van der Waals surface area contributed by atoms with Crippen molar-refractivity contribution in [3.63, 3.8) is 0 Å². The third-order valence-electron chi connectivity index (χ3n) is 5.62. The van der Waals surface area contributed by atoms with E-state index < -0.39 is 0 Å². The number of fused-ring (bicyclic) bond motifs is 1. The Labute approximate surface area is 195 Å². The van der Waals surface area contributed by atoms with Crippen molar-refractivity contribution in [2.75, 3.05) is 18.6 Å². The molecule has 1 aliphatic heterocycles. The maximum absolute atomic E-state index is 13.5. The highest BCUT2D eigenvalue weighted by Crippen LogP contribution is 2.41.